The van der Waals surface area contributed by atoms with Crippen molar-refractivity contribution in [1.29, 1.82) is 0 Å². The largest absolute Gasteiger partial charge is 0.457 e. The normalized spacial score (nSPS) is 13.4. The van der Waals surface area contributed by atoms with Crippen molar-refractivity contribution in [1.82, 2.24) is 9.55 Å². The standard InChI is InChI=1S/C62H36N2OS/c1-2-16-37(17-3-1)60-46-36-54(61-59(44-21-7-15-29-57(44)66-61)58(46)43-20-5-11-25-51(43)63-60)64-52-26-12-6-19-42(52)45-34-38(31-33-53(45)64)39-30-32-41-40-18-4-8-22-47(40)62(50(41)35-39)48-23-9-13-27-55(48)65-56-28-14-10-24-49(56)62/h1-36H. The topological polar surface area (TPSA) is 27.1 Å². The molecule has 0 saturated heterocycles. The third kappa shape index (κ3) is 4.73. The van der Waals surface area contributed by atoms with E-state index >= 15 is 0 Å². The van der Waals surface area contributed by atoms with Crippen LogP contribution in [-0.2, 0) is 5.41 Å². The van der Waals surface area contributed by atoms with E-state index in [0.717, 1.165) is 33.7 Å². The number of hydrogen-bond donors (Lipinski definition) is 0. The fourth-order valence-corrected chi connectivity index (χ4v) is 13.0. The third-order valence-corrected chi connectivity index (χ3v) is 15.6. The van der Waals surface area contributed by atoms with Crippen molar-refractivity contribution in [3.05, 3.63) is 241 Å². The van der Waals surface area contributed by atoms with Crippen LogP contribution >= 0.6 is 11.3 Å². The fourth-order valence-electron chi connectivity index (χ4n) is 11.7. The molecule has 3 nitrogen and oxygen atoms in total. The quantitative estimate of drug-likeness (QED) is 0.166. The van der Waals surface area contributed by atoms with E-state index in [4.69, 9.17) is 9.72 Å². The second-order valence-corrected chi connectivity index (χ2v) is 18.8. The number of pyridine rings is 1. The van der Waals surface area contributed by atoms with Crippen LogP contribution in [0, 0.1) is 0 Å². The summed E-state index contributed by atoms with van der Waals surface area (Å²) in [6.07, 6.45) is 0. The number of para-hydroxylation sites is 4. The molecule has 66 heavy (non-hydrogen) atoms. The fraction of sp³-hybridized carbons (Fsp3) is 0.0161. The first kappa shape index (κ1) is 36.1. The lowest BCUT2D eigenvalue weighted by atomic mass is 9.66. The Labute approximate surface area is 384 Å². The van der Waals surface area contributed by atoms with E-state index in [0.29, 0.717) is 0 Å². The van der Waals surface area contributed by atoms with E-state index < -0.39 is 5.41 Å². The zero-order valence-corrected chi connectivity index (χ0v) is 36.3. The molecule has 306 valence electrons. The maximum absolute atomic E-state index is 6.65. The molecule has 0 N–H and O–H groups in total. The Morgan fingerprint density at radius 1 is 0.409 bits per heavy atom. The molecular weight excluding hydrogens is 821 g/mol. The molecule has 0 atom stereocenters. The van der Waals surface area contributed by atoms with Gasteiger partial charge in [-0.2, -0.15) is 0 Å². The average molecular weight is 857 g/mol. The first-order chi connectivity index (χ1) is 32.7. The van der Waals surface area contributed by atoms with E-state index in [1.165, 1.54) is 103 Å². The Hall–Kier alpha value is -8.31. The van der Waals surface area contributed by atoms with E-state index in [1.807, 2.05) is 11.3 Å². The maximum atomic E-state index is 6.65. The van der Waals surface area contributed by atoms with Gasteiger partial charge < -0.3 is 9.30 Å². The summed E-state index contributed by atoms with van der Waals surface area (Å²) in [6.45, 7) is 0. The molecule has 1 spiro atoms. The van der Waals surface area contributed by atoms with Crippen molar-refractivity contribution < 1.29 is 4.74 Å². The summed E-state index contributed by atoms with van der Waals surface area (Å²) in [7, 11) is 0. The zero-order valence-electron chi connectivity index (χ0n) is 35.5. The predicted octanol–water partition coefficient (Wildman–Crippen LogP) is 16.7. The van der Waals surface area contributed by atoms with Crippen LogP contribution in [0.4, 0.5) is 0 Å². The van der Waals surface area contributed by atoms with Crippen LogP contribution < -0.4 is 4.74 Å². The van der Waals surface area contributed by atoms with E-state index in [-0.39, 0.29) is 0 Å². The minimum absolute atomic E-state index is 0.530. The SMILES string of the molecule is c1ccc(-c2nc3ccccc3c3c2cc(-n2c4ccccc4c4cc(-c5ccc6c(c5)C5(c7ccccc7Oc7ccccc75)c5ccccc5-6)ccc42)c2sc4ccccc4c23)cc1. The van der Waals surface area contributed by atoms with Crippen LogP contribution in [0.2, 0.25) is 0 Å². The number of thiophene rings is 1. The summed E-state index contributed by atoms with van der Waals surface area (Å²) in [5.41, 5.74) is 15.9. The molecule has 0 saturated carbocycles. The summed E-state index contributed by atoms with van der Waals surface area (Å²) >= 11 is 1.89. The Morgan fingerprint density at radius 2 is 1.03 bits per heavy atom. The summed E-state index contributed by atoms with van der Waals surface area (Å²) in [5.74, 6) is 1.81. The molecule has 13 aromatic rings. The molecule has 10 aromatic carbocycles. The summed E-state index contributed by atoms with van der Waals surface area (Å²) < 4.78 is 11.7. The van der Waals surface area contributed by atoms with E-state index in [1.54, 1.807) is 0 Å². The Kier molecular flexibility index (Phi) is 7.31. The van der Waals surface area contributed by atoms with E-state index in [2.05, 4.69) is 223 Å². The van der Waals surface area contributed by atoms with Crippen LogP contribution in [0.3, 0.4) is 0 Å². The van der Waals surface area contributed by atoms with Gasteiger partial charge in [0.25, 0.3) is 0 Å². The second-order valence-electron chi connectivity index (χ2n) is 17.7. The molecule has 3 aromatic heterocycles. The Morgan fingerprint density at radius 3 is 1.86 bits per heavy atom. The van der Waals surface area contributed by atoms with Crippen LogP contribution in [0.5, 0.6) is 11.5 Å². The van der Waals surface area contributed by atoms with E-state index in [9.17, 15) is 0 Å². The van der Waals surface area contributed by atoms with Gasteiger partial charge in [-0.1, -0.05) is 164 Å². The first-order valence-electron chi connectivity index (χ1n) is 22.6. The summed E-state index contributed by atoms with van der Waals surface area (Å²) in [5, 5.41) is 8.58. The Balaban J connectivity index is 0.999. The number of benzene rings is 10. The van der Waals surface area contributed by atoms with Gasteiger partial charge in [0.2, 0.25) is 0 Å². The summed E-state index contributed by atoms with van der Waals surface area (Å²) in [6, 6.07) is 79.9. The molecular formula is C62H36N2OS. The van der Waals surface area contributed by atoms with Crippen LogP contribution in [0.1, 0.15) is 22.3 Å². The van der Waals surface area contributed by atoms with Gasteiger partial charge in [-0.15, -0.1) is 11.3 Å². The van der Waals surface area contributed by atoms with Crippen molar-refractivity contribution in [3.8, 4) is 50.7 Å². The molecule has 4 heteroatoms. The van der Waals surface area contributed by atoms with Gasteiger partial charge in [-0.05, 0) is 88.0 Å². The molecule has 1 aliphatic carbocycles. The van der Waals surface area contributed by atoms with Crippen molar-refractivity contribution >= 4 is 75.0 Å². The van der Waals surface area contributed by atoms with Gasteiger partial charge >= 0.3 is 0 Å². The molecule has 0 radical (unpaired) electrons. The van der Waals surface area contributed by atoms with Crippen LogP contribution in [0.15, 0.2) is 218 Å². The lowest BCUT2D eigenvalue weighted by molar-refractivity contribution is 0.436. The molecule has 0 unspecified atom stereocenters. The second kappa shape index (κ2) is 13.4. The van der Waals surface area contributed by atoms with Gasteiger partial charge in [0, 0.05) is 59.1 Å². The highest BCUT2D eigenvalue weighted by Gasteiger charge is 2.51. The molecule has 15 rings (SSSR count). The van der Waals surface area contributed by atoms with Crippen LogP contribution in [-0.4, -0.2) is 9.55 Å². The highest BCUT2D eigenvalue weighted by atomic mass is 32.1. The third-order valence-electron chi connectivity index (χ3n) is 14.4. The number of fused-ring (bicyclic) bond motifs is 19. The van der Waals surface area contributed by atoms with Crippen molar-refractivity contribution in [3.63, 3.8) is 0 Å². The number of nitrogens with zero attached hydrogens (tertiary/aromatic N) is 2. The summed E-state index contributed by atoms with van der Waals surface area (Å²) in [4.78, 5) is 5.42. The molecule has 2 aliphatic rings. The highest BCUT2D eigenvalue weighted by molar-refractivity contribution is 7.26. The molecule has 0 fully saturated rings. The van der Waals surface area contributed by atoms with Gasteiger partial charge in [0.05, 0.1) is 38.0 Å². The minimum Gasteiger partial charge on any atom is -0.457 e. The Bertz CT molecular complexity index is 4170. The van der Waals surface area contributed by atoms with Gasteiger partial charge in [-0.25, -0.2) is 4.98 Å². The average Bonchev–Trinajstić information content (AvgIpc) is 4.03. The van der Waals surface area contributed by atoms with Crippen molar-refractivity contribution in [2.45, 2.75) is 5.41 Å². The monoisotopic (exact) mass is 856 g/mol. The smallest absolute Gasteiger partial charge is 0.132 e. The van der Waals surface area contributed by atoms with Gasteiger partial charge in [-0.3, -0.25) is 0 Å². The molecule has 4 heterocycles. The number of aromatic nitrogens is 2. The molecule has 0 bridgehead atoms. The number of hydrogen-bond acceptors (Lipinski definition) is 3. The van der Waals surface area contributed by atoms with Gasteiger partial charge in [0.15, 0.2) is 0 Å². The van der Waals surface area contributed by atoms with Crippen LogP contribution in [0.25, 0.3) is 103 Å². The minimum atomic E-state index is -0.530. The molecule has 0 amide bonds. The lowest BCUT2D eigenvalue weighted by Gasteiger charge is -2.39. The number of rotatable bonds is 3. The first-order valence-corrected chi connectivity index (χ1v) is 23.4. The van der Waals surface area contributed by atoms with Crippen molar-refractivity contribution in [2.75, 3.05) is 0 Å². The maximum Gasteiger partial charge on any atom is 0.132 e. The molecule has 1 aliphatic heterocycles. The number of ether oxygens (including phenoxy) is 1. The lowest BCUT2D eigenvalue weighted by Crippen LogP contribution is -2.32. The van der Waals surface area contributed by atoms with Gasteiger partial charge in [0.1, 0.15) is 11.5 Å². The predicted molar refractivity (Wildman–Crippen MR) is 275 cm³/mol. The highest BCUT2D eigenvalue weighted by Crippen LogP contribution is 2.62. The van der Waals surface area contributed by atoms with Crippen molar-refractivity contribution in [2.24, 2.45) is 0 Å². The zero-order chi connectivity index (χ0) is 43.1.